The molecule has 0 saturated carbocycles. The maximum atomic E-state index is 11.5. The van der Waals surface area contributed by atoms with Gasteiger partial charge in [0.2, 0.25) is 0 Å². The number of esters is 1. The largest absolute Gasteiger partial charge is 0.457 e. The monoisotopic (exact) mass is 291 g/mol. The van der Waals surface area contributed by atoms with Crippen molar-refractivity contribution in [3.63, 3.8) is 0 Å². The molecule has 0 radical (unpaired) electrons. The second-order valence-electron chi connectivity index (χ2n) is 5.09. The van der Waals surface area contributed by atoms with Crippen molar-refractivity contribution in [1.29, 1.82) is 0 Å². The summed E-state index contributed by atoms with van der Waals surface area (Å²) in [5.41, 5.74) is -1.12. The summed E-state index contributed by atoms with van der Waals surface area (Å²) in [5, 5.41) is 20.8. The van der Waals surface area contributed by atoms with E-state index in [0.29, 0.717) is 5.56 Å². The minimum atomic E-state index is -1.55. The lowest BCUT2D eigenvalue weighted by molar-refractivity contribution is -0.386. The summed E-state index contributed by atoms with van der Waals surface area (Å²) in [6, 6.07) is 6.29. The Balaban J connectivity index is 1.71. The van der Waals surface area contributed by atoms with Crippen LogP contribution < -0.4 is 0 Å². The van der Waals surface area contributed by atoms with Crippen molar-refractivity contribution in [2.24, 2.45) is 0 Å². The summed E-state index contributed by atoms with van der Waals surface area (Å²) < 4.78 is 10.7. The Kier molecular flexibility index (Phi) is 3.23. The molecule has 2 bridgehead atoms. The van der Waals surface area contributed by atoms with Crippen LogP contribution in [-0.2, 0) is 20.9 Å². The Morgan fingerprint density at radius 3 is 3.00 bits per heavy atom. The first kappa shape index (κ1) is 13.7. The number of fused-ring (bicyclic) bond motifs is 2. The van der Waals surface area contributed by atoms with Crippen LogP contribution in [0.4, 0.5) is 5.69 Å². The minimum absolute atomic E-state index is 0.0165. The third-order valence-electron chi connectivity index (χ3n) is 3.67. The number of hydrogen-bond donors (Lipinski definition) is 1. The molecule has 1 heterocycles. The highest BCUT2D eigenvalue weighted by molar-refractivity contribution is 5.84. The van der Waals surface area contributed by atoms with E-state index in [0.717, 1.165) is 0 Å². The molecule has 1 aromatic carbocycles. The summed E-state index contributed by atoms with van der Waals surface area (Å²) in [6.07, 6.45) is 1.99. The Labute approximate surface area is 119 Å². The maximum absolute atomic E-state index is 11.5. The van der Waals surface area contributed by atoms with Crippen molar-refractivity contribution in [3.05, 3.63) is 52.1 Å². The fourth-order valence-electron chi connectivity index (χ4n) is 2.53. The number of ether oxygens (including phenoxy) is 2. The van der Waals surface area contributed by atoms with E-state index in [1.165, 1.54) is 12.1 Å². The van der Waals surface area contributed by atoms with Gasteiger partial charge in [-0.15, -0.1) is 0 Å². The lowest BCUT2D eigenvalue weighted by Crippen LogP contribution is -2.36. The third-order valence-corrected chi connectivity index (χ3v) is 3.67. The normalized spacial score (nSPS) is 30.2. The highest BCUT2D eigenvalue weighted by atomic mass is 16.6. The molecule has 0 unspecified atom stereocenters. The predicted octanol–water partition coefficient (Wildman–Crippen LogP) is 1.10. The van der Waals surface area contributed by atoms with E-state index < -0.39 is 28.7 Å². The molecule has 3 rings (SSSR count). The Morgan fingerprint density at radius 1 is 1.48 bits per heavy atom. The molecule has 1 N–H and O–H groups in total. The second-order valence-corrected chi connectivity index (χ2v) is 5.09. The molecule has 1 fully saturated rings. The number of nitrogens with zero attached hydrogens (tertiary/aromatic N) is 1. The molecule has 0 spiro atoms. The van der Waals surface area contributed by atoms with Crippen molar-refractivity contribution < 1.29 is 24.3 Å². The molecule has 3 atom stereocenters. The van der Waals surface area contributed by atoms with E-state index in [2.05, 4.69) is 0 Å². The smallest absolute Gasteiger partial charge is 0.342 e. The number of carbonyl (C=O) groups excluding carboxylic acids is 1. The minimum Gasteiger partial charge on any atom is -0.457 e. The average molecular weight is 291 g/mol. The molecule has 0 amide bonds. The molecule has 1 saturated heterocycles. The molecule has 21 heavy (non-hydrogen) atoms. The topological polar surface area (TPSA) is 98.9 Å². The summed E-state index contributed by atoms with van der Waals surface area (Å²) in [5.74, 6) is -0.680. The van der Waals surface area contributed by atoms with E-state index >= 15 is 0 Å². The second kappa shape index (κ2) is 4.94. The quantitative estimate of drug-likeness (QED) is 0.386. The van der Waals surface area contributed by atoms with Crippen LogP contribution in [0.5, 0.6) is 0 Å². The van der Waals surface area contributed by atoms with Gasteiger partial charge in [-0.05, 0) is 12.1 Å². The number of para-hydroxylation sites is 1. The number of aliphatic hydroxyl groups is 1. The lowest BCUT2D eigenvalue weighted by Gasteiger charge is -2.24. The Hall–Kier alpha value is -2.25. The van der Waals surface area contributed by atoms with Gasteiger partial charge < -0.3 is 14.6 Å². The van der Waals surface area contributed by atoms with Gasteiger partial charge in [0, 0.05) is 12.5 Å². The fraction of sp³-hybridized carbons (Fsp3) is 0.357. The Morgan fingerprint density at radius 2 is 2.24 bits per heavy atom. The van der Waals surface area contributed by atoms with Crippen LogP contribution >= 0.6 is 0 Å². The van der Waals surface area contributed by atoms with Gasteiger partial charge in [-0.25, -0.2) is 4.79 Å². The third kappa shape index (κ3) is 2.41. The molecule has 2 aliphatic rings. The first-order valence-electron chi connectivity index (χ1n) is 6.46. The highest BCUT2D eigenvalue weighted by Gasteiger charge is 2.51. The van der Waals surface area contributed by atoms with E-state index in [4.69, 9.17) is 9.47 Å². The first-order valence-corrected chi connectivity index (χ1v) is 6.46. The molecule has 1 aliphatic heterocycles. The standard InChI is InChI=1S/C14H13NO6/c16-13-14(17)6-5-11(12(7-14)21-13)20-8-9-3-1-2-4-10(9)15(18)19/h1-6,11-12,17H,7-8H2/t11-,12-,14+/m1/s1. The average Bonchev–Trinajstić information content (AvgIpc) is 2.69. The Bertz CT molecular complexity index is 628. The molecule has 1 aromatic rings. The predicted molar refractivity (Wildman–Crippen MR) is 70.3 cm³/mol. The summed E-state index contributed by atoms with van der Waals surface area (Å²) in [7, 11) is 0. The van der Waals surface area contributed by atoms with Crippen molar-refractivity contribution in [2.75, 3.05) is 0 Å². The number of rotatable bonds is 4. The summed E-state index contributed by atoms with van der Waals surface area (Å²) >= 11 is 0. The summed E-state index contributed by atoms with van der Waals surface area (Å²) in [4.78, 5) is 21.9. The molecular weight excluding hydrogens is 278 g/mol. The SMILES string of the molecule is O=C1O[C@@H]2C[C@@]1(O)C=C[C@H]2OCc1ccccc1[N+](=O)[O-]. The first-order chi connectivity index (χ1) is 9.99. The van der Waals surface area contributed by atoms with E-state index in [-0.39, 0.29) is 18.7 Å². The summed E-state index contributed by atoms with van der Waals surface area (Å²) in [6.45, 7) is 0.0264. The molecular formula is C14H13NO6. The van der Waals surface area contributed by atoms with Crippen LogP contribution in [0.2, 0.25) is 0 Å². The number of nitro groups is 1. The van der Waals surface area contributed by atoms with E-state index in [1.807, 2.05) is 0 Å². The van der Waals surface area contributed by atoms with E-state index in [9.17, 15) is 20.0 Å². The van der Waals surface area contributed by atoms with Gasteiger partial charge in [-0.1, -0.05) is 18.2 Å². The maximum Gasteiger partial charge on any atom is 0.342 e. The van der Waals surface area contributed by atoms with Crippen molar-refractivity contribution in [2.45, 2.75) is 30.8 Å². The highest BCUT2D eigenvalue weighted by Crippen LogP contribution is 2.35. The van der Waals surface area contributed by atoms with Crippen molar-refractivity contribution in [1.82, 2.24) is 0 Å². The zero-order chi connectivity index (χ0) is 15.0. The zero-order valence-electron chi connectivity index (χ0n) is 11.0. The molecule has 0 aromatic heterocycles. The van der Waals surface area contributed by atoms with Gasteiger partial charge in [-0.3, -0.25) is 10.1 Å². The number of nitro benzene ring substituents is 1. The van der Waals surface area contributed by atoms with Crippen LogP contribution in [0.15, 0.2) is 36.4 Å². The van der Waals surface area contributed by atoms with Crippen LogP contribution in [0.25, 0.3) is 0 Å². The van der Waals surface area contributed by atoms with Crippen LogP contribution in [0.3, 0.4) is 0 Å². The lowest BCUT2D eigenvalue weighted by atomic mass is 9.91. The number of carbonyl (C=O) groups is 1. The molecule has 7 nitrogen and oxygen atoms in total. The van der Waals surface area contributed by atoms with Crippen molar-refractivity contribution >= 4 is 11.7 Å². The van der Waals surface area contributed by atoms with Gasteiger partial charge in [0.05, 0.1) is 17.1 Å². The molecule has 7 heteroatoms. The van der Waals surface area contributed by atoms with Crippen LogP contribution in [0, 0.1) is 10.1 Å². The molecule has 110 valence electrons. The van der Waals surface area contributed by atoms with E-state index in [1.54, 1.807) is 24.3 Å². The van der Waals surface area contributed by atoms with Crippen LogP contribution in [-0.4, -0.2) is 33.8 Å². The number of hydrogen-bond acceptors (Lipinski definition) is 6. The number of benzene rings is 1. The van der Waals surface area contributed by atoms with Gasteiger partial charge >= 0.3 is 5.97 Å². The fourth-order valence-corrected chi connectivity index (χ4v) is 2.53. The van der Waals surface area contributed by atoms with Crippen molar-refractivity contribution in [3.8, 4) is 0 Å². The van der Waals surface area contributed by atoms with Gasteiger partial charge in [0.25, 0.3) is 5.69 Å². The van der Waals surface area contributed by atoms with Gasteiger partial charge in [0.1, 0.15) is 12.2 Å². The van der Waals surface area contributed by atoms with Gasteiger partial charge in [-0.2, -0.15) is 0 Å². The van der Waals surface area contributed by atoms with Crippen LogP contribution in [0.1, 0.15) is 12.0 Å². The van der Waals surface area contributed by atoms with Gasteiger partial charge in [0.15, 0.2) is 5.60 Å². The zero-order valence-corrected chi connectivity index (χ0v) is 11.0. The molecule has 1 aliphatic carbocycles.